The summed E-state index contributed by atoms with van der Waals surface area (Å²) in [6.07, 6.45) is 19.6. The first-order valence-corrected chi connectivity index (χ1v) is 11.1. The van der Waals surface area contributed by atoms with Crippen LogP contribution in [0.25, 0.3) is 0 Å². The standard InChI is InChI=1S/C23H44/c1-5-7-20-10-12-22(13-11-20)23-16-14-21(15-17-23)19(4)9-8-18(3)6-2/h18-23H,5-17H2,1-4H3. The minimum atomic E-state index is 0.937. The van der Waals surface area contributed by atoms with Crippen LogP contribution in [0, 0.1) is 35.5 Å². The zero-order valence-corrected chi connectivity index (χ0v) is 16.7. The zero-order chi connectivity index (χ0) is 16.7. The van der Waals surface area contributed by atoms with Gasteiger partial charge in [-0.15, -0.1) is 0 Å². The van der Waals surface area contributed by atoms with Gasteiger partial charge in [0.1, 0.15) is 0 Å². The Morgan fingerprint density at radius 2 is 1.30 bits per heavy atom. The zero-order valence-electron chi connectivity index (χ0n) is 16.7. The van der Waals surface area contributed by atoms with Crippen LogP contribution >= 0.6 is 0 Å². The fraction of sp³-hybridized carbons (Fsp3) is 1.00. The smallest absolute Gasteiger partial charge is 0.0386 e. The van der Waals surface area contributed by atoms with E-state index >= 15 is 0 Å². The van der Waals surface area contributed by atoms with Crippen molar-refractivity contribution in [2.75, 3.05) is 0 Å². The average molecular weight is 321 g/mol. The third-order valence-electron chi connectivity index (χ3n) is 7.69. The Bertz CT molecular complexity index is 291. The molecule has 0 nitrogen and oxygen atoms in total. The molecular formula is C23H44. The average Bonchev–Trinajstić information content (AvgIpc) is 2.60. The van der Waals surface area contributed by atoms with Crippen LogP contribution in [0.1, 0.15) is 111 Å². The maximum atomic E-state index is 2.54. The Labute approximate surface area is 147 Å². The van der Waals surface area contributed by atoms with Crippen molar-refractivity contribution in [3.8, 4) is 0 Å². The lowest BCUT2D eigenvalue weighted by Crippen LogP contribution is -2.27. The molecule has 0 saturated heterocycles. The summed E-state index contributed by atoms with van der Waals surface area (Å²) >= 11 is 0. The first kappa shape index (κ1) is 19.3. The molecule has 2 fully saturated rings. The predicted octanol–water partition coefficient (Wildman–Crippen LogP) is 7.86. The van der Waals surface area contributed by atoms with Crippen LogP contribution in [-0.2, 0) is 0 Å². The molecule has 2 aliphatic carbocycles. The van der Waals surface area contributed by atoms with Gasteiger partial charge in [-0.2, -0.15) is 0 Å². The molecular weight excluding hydrogens is 276 g/mol. The van der Waals surface area contributed by atoms with Crippen LogP contribution in [0.4, 0.5) is 0 Å². The first-order valence-electron chi connectivity index (χ1n) is 11.1. The van der Waals surface area contributed by atoms with Gasteiger partial charge in [-0.1, -0.05) is 72.6 Å². The topological polar surface area (TPSA) is 0 Å². The van der Waals surface area contributed by atoms with E-state index in [0.717, 1.165) is 35.5 Å². The van der Waals surface area contributed by atoms with Gasteiger partial charge >= 0.3 is 0 Å². The van der Waals surface area contributed by atoms with Crippen molar-refractivity contribution >= 4 is 0 Å². The van der Waals surface area contributed by atoms with Gasteiger partial charge in [0.25, 0.3) is 0 Å². The van der Waals surface area contributed by atoms with Crippen LogP contribution < -0.4 is 0 Å². The Balaban J connectivity index is 1.66. The summed E-state index contributed by atoms with van der Waals surface area (Å²) in [5, 5.41) is 0. The van der Waals surface area contributed by atoms with Crippen molar-refractivity contribution in [3.05, 3.63) is 0 Å². The summed E-state index contributed by atoms with van der Waals surface area (Å²) in [6.45, 7) is 9.67. The molecule has 0 spiro atoms. The van der Waals surface area contributed by atoms with Crippen molar-refractivity contribution in [2.24, 2.45) is 35.5 Å². The molecule has 2 atom stereocenters. The second-order valence-electron chi connectivity index (χ2n) is 9.31. The highest BCUT2D eigenvalue weighted by Gasteiger charge is 2.32. The van der Waals surface area contributed by atoms with E-state index in [4.69, 9.17) is 0 Å². The Hall–Kier alpha value is 0. The highest BCUT2D eigenvalue weighted by atomic mass is 14.4. The number of hydrogen-bond donors (Lipinski definition) is 0. The van der Waals surface area contributed by atoms with Crippen LogP contribution in [0.5, 0.6) is 0 Å². The Morgan fingerprint density at radius 1 is 0.739 bits per heavy atom. The lowest BCUT2D eigenvalue weighted by Gasteiger charge is -2.39. The van der Waals surface area contributed by atoms with Crippen LogP contribution in [0.3, 0.4) is 0 Å². The molecule has 0 heterocycles. The molecule has 0 aromatic rings. The fourth-order valence-electron chi connectivity index (χ4n) is 5.53. The fourth-order valence-corrected chi connectivity index (χ4v) is 5.53. The van der Waals surface area contributed by atoms with Crippen molar-refractivity contribution in [1.29, 1.82) is 0 Å². The summed E-state index contributed by atoms with van der Waals surface area (Å²) in [5.74, 6) is 6.23. The van der Waals surface area contributed by atoms with Crippen molar-refractivity contribution in [2.45, 2.75) is 111 Å². The molecule has 23 heavy (non-hydrogen) atoms. The SMILES string of the molecule is CCCC1CCC(C2CCC(C(C)CCC(C)CC)CC2)CC1. The molecule has 136 valence electrons. The third kappa shape index (κ3) is 6.09. The Kier molecular flexibility index (Phi) is 8.48. The molecule has 0 amide bonds. The van der Waals surface area contributed by atoms with Crippen molar-refractivity contribution in [1.82, 2.24) is 0 Å². The molecule has 2 saturated carbocycles. The van der Waals surface area contributed by atoms with Crippen molar-refractivity contribution < 1.29 is 0 Å². The Morgan fingerprint density at radius 3 is 1.83 bits per heavy atom. The van der Waals surface area contributed by atoms with Gasteiger partial charge in [0.2, 0.25) is 0 Å². The second kappa shape index (κ2) is 10.1. The minimum Gasteiger partial charge on any atom is -0.0654 e. The van der Waals surface area contributed by atoms with E-state index < -0.39 is 0 Å². The minimum absolute atomic E-state index is 0.937. The van der Waals surface area contributed by atoms with E-state index in [1.807, 2.05) is 0 Å². The molecule has 0 radical (unpaired) electrons. The first-order chi connectivity index (χ1) is 11.1. The summed E-state index contributed by atoms with van der Waals surface area (Å²) in [6, 6.07) is 0. The van der Waals surface area contributed by atoms with Gasteiger partial charge in [0.15, 0.2) is 0 Å². The molecule has 0 bridgehead atoms. The van der Waals surface area contributed by atoms with Gasteiger partial charge < -0.3 is 0 Å². The monoisotopic (exact) mass is 320 g/mol. The molecule has 0 N–H and O–H groups in total. The molecule has 2 rings (SSSR count). The van der Waals surface area contributed by atoms with Gasteiger partial charge in [-0.05, 0) is 74.0 Å². The van der Waals surface area contributed by atoms with Gasteiger partial charge in [-0.3, -0.25) is 0 Å². The van der Waals surface area contributed by atoms with E-state index in [0.29, 0.717) is 0 Å². The van der Waals surface area contributed by atoms with E-state index in [1.54, 1.807) is 51.4 Å². The summed E-state index contributed by atoms with van der Waals surface area (Å²) in [5.41, 5.74) is 0. The predicted molar refractivity (Wildman–Crippen MR) is 104 cm³/mol. The summed E-state index contributed by atoms with van der Waals surface area (Å²) in [7, 11) is 0. The van der Waals surface area contributed by atoms with Gasteiger partial charge in [0.05, 0.1) is 0 Å². The maximum absolute atomic E-state index is 2.54. The molecule has 0 aromatic carbocycles. The molecule has 0 aliphatic heterocycles. The van der Waals surface area contributed by atoms with E-state index in [-0.39, 0.29) is 0 Å². The maximum Gasteiger partial charge on any atom is -0.0386 e. The molecule has 0 aromatic heterocycles. The highest BCUT2D eigenvalue weighted by Crippen LogP contribution is 2.44. The van der Waals surface area contributed by atoms with Crippen molar-refractivity contribution in [3.63, 3.8) is 0 Å². The number of hydrogen-bond acceptors (Lipinski definition) is 0. The third-order valence-corrected chi connectivity index (χ3v) is 7.69. The quantitative estimate of drug-likeness (QED) is 0.427. The summed E-state index contributed by atoms with van der Waals surface area (Å²) in [4.78, 5) is 0. The number of rotatable bonds is 8. The highest BCUT2D eigenvalue weighted by molar-refractivity contribution is 4.83. The largest absolute Gasteiger partial charge is 0.0654 e. The van der Waals surface area contributed by atoms with Crippen LogP contribution in [0.15, 0.2) is 0 Å². The van der Waals surface area contributed by atoms with E-state index in [9.17, 15) is 0 Å². The molecule has 2 aliphatic rings. The molecule has 2 unspecified atom stereocenters. The van der Waals surface area contributed by atoms with Crippen LogP contribution in [0.2, 0.25) is 0 Å². The lowest BCUT2D eigenvalue weighted by atomic mass is 9.67. The second-order valence-corrected chi connectivity index (χ2v) is 9.31. The van der Waals surface area contributed by atoms with E-state index in [2.05, 4.69) is 27.7 Å². The van der Waals surface area contributed by atoms with Crippen LogP contribution in [-0.4, -0.2) is 0 Å². The molecule has 0 heteroatoms. The lowest BCUT2D eigenvalue weighted by molar-refractivity contribution is 0.123. The van der Waals surface area contributed by atoms with E-state index in [1.165, 1.54) is 32.1 Å². The summed E-state index contributed by atoms with van der Waals surface area (Å²) < 4.78 is 0. The normalized spacial score (nSPS) is 35.0. The van der Waals surface area contributed by atoms with Gasteiger partial charge in [-0.25, -0.2) is 0 Å². The van der Waals surface area contributed by atoms with Gasteiger partial charge in [0, 0.05) is 0 Å².